The van der Waals surface area contributed by atoms with E-state index in [0.717, 1.165) is 12.0 Å². The van der Waals surface area contributed by atoms with Gasteiger partial charge in [0.25, 0.3) is 0 Å². The van der Waals surface area contributed by atoms with Gasteiger partial charge in [-0.1, -0.05) is 11.6 Å². The third-order valence-electron chi connectivity index (χ3n) is 2.50. The first kappa shape index (κ1) is 11.2. The Labute approximate surface area is 97.7 Å². The highest BCUT2D eigenvalue weighted by Gasteiger charge is 2.23. The number of hydrogen-bond donors (Lipinski definition) is 1. The number of halogens is 1. The van der Waals surface area contributed by atoms with Crippen LogP contribution in [0.25, 0.3) is 0 Å². The number of carbonyl (C=O) groups excluding carboxylic acids is 1. The van der Waals surface area contributed by atoms with E-state index in [0.29, 0.717) is 22.9 Å². The lowest BCUT2D eigenvalue weighted by Crippen LogP contribution is -2.13. The second-order valence-corrected chi connectivity index (χ2v) is 3.92. The van der Waals surface area contributed by atoms with Crippen molar-refractivity contribution in [2.75, 3.05) is 13.7 Å². The van der Waals surface area contributed by atoms with Gasteiger partial charge in [0.1, 0.15) is 5.75 Å². The summed E-state index contributed by atoms with van der Waals surface area (Å²) in [6.45, 7) is 0.576. The summed E-state index contributed by atoms with van der Waals surface area (Å²) in [4.78, 5) is 11.2. The molecule has 5 heteroatoms. The standard InChI is InChI=1S/C11H11ClO4/c1-15-11(14)9(13)7-4-6-2-3-16-10(6)8(12)5-7/h4-5,9,13H,2-3H2,1H3. The Morgan fingerprint density at radius 2 is 2.38 bits per heavy atom. The van der Waals surface area contributed by atoms with Crippen LogP contribution in [0.1, 0.15) is 17.2 Å². The van der Waals surface area contributed by atoms with Crippen molar-refractivity contribution in [3.8, 4) is 5.75 Å². The first-order valence-corrected chi connectivity index (χ1v) is 5.22. The van der Waals surface area contributed by atoms with Gasteiger partial charge >= 0.3 is 5.97 Å². The van der Waals surface area contributed by atoms with Gasteiger partial charge in [0.15, 0.2) is 6.10 Å². The molecule has 0 saturated heterocycles. The highest BCUT2D eigenvalue weighted by molar-refractivity contribution is 6.32. The van der Waals surface area contributed by atoms with Gasteiger partial charge in [-0.25, -0.2) is 4.79 Å². The van der Waals surface area contributed by atoms with Crippen LogP contribution < -0.4 is 4.74 Å². The van der Waals surface area contributed by atoms with Gasteiger partial charge in [-0.3, -0.25) is 0 Å². The Bertz CT molecular complexity index is 430. The molecule has 0 fully saturated rings. The summed E-state index contributed by atoms with van der Waals surface area (Å²) in [5.41, 5.74) is 1.34. The van der Waals surface area contributed by atoms with Crippen LogP contribution in [0.4, 0.5) is 0 Å². The molecule has 16 heavy (non-hydrogen) atoms. The Morgan fingerprint density at radius 1 is 1.62 bits per heavy atom. The molecule has 2 rings (SSSR count). The summed E-state index contributed by atoms with van der Waals surface area (Å²) in [5, 5.41) is 10.1. The first-order chi connectivity index (χ1) is 7.63. The van der Waals surface area contributed by atoms with Crippen molar-refractivity contribution in [2.24, 2.45) is 0 Å². The van der Waals surface area contributed by atoms with E-state index in [1.165, 1.54) is 13.2 Å². The molecule has 0 spiro atoms. The summed E-state index contributed by atoms with van der Waals surface area (Å²) in [6, 6.07) is 3.24. The fraction of sp³-hybridized carbons (Fsp3) is 0.364. The number of carbonyl (C=O) groups is 1. The summed E-state index contributed by atoms with van der Waals surface area (Å²) < 4.78 is 9.78. The number of fused-ring (bicyclic) bond motifs is 1. The van der Waals surface area contributed by atoms with Crippen LogP contribution in [0.3, 0.4) is 0 Å². The Morgan fingerprint density at radius 3 is 3.06 bits per heavy atom. The van der Waals surface area contributed by atoms with E-state index in [1.807, 2.05) is 0 Å². The van der Waals surface area contributed by atoms with Gasteiger partial charge in [-0.15, -0.1) is 0 Å². The molecule has 0 saturated carbocycles. The molecule has 0 bridgehead atoms. The minimum atomic E-state index is -1.30. The predicted octanol–water partition coefficient (Wildman–Crippen LogP) is 1.48. The molecule has 86 valence electrons. The molecule has 1 aliphatic heterocycles. The predicted molar refractivity (Wildman–Crippen MR) is 57.6 cm³/mol. The highest BCUT2D eigenvalue weighted by atomic mass is 35.5. The first-order valence-electron chi connectivity index (χ1n) is 4.84. The van der Waals surface area contributed by atoms with Gasteiger partial charge in [-0.2, -0.15) is 0 Å². The normalized spacial score (nSPS) is 15.2. The van der Waals surface area contributed by atoms with Gasteiger partial charge in [0, 0.05) is 6.42 Å². The van der Waals surface area contributed by atoms with Crippen molar-refractivity contribution in [1.82, 2.24) is 0 Å². The maximum atomic E-state index is 11.2. The number of esters is 1. The minimum Gasteiger partial charge on any atom is -0.491 e. The zero-order valence-electron chi connectivity index (χ0n) is 8.70. The number of methoxy groups -OCH3 is 1. The van der Waals surface area contributed by atoms with E-state index in [9.17, 15) is 9.90 Å². The van der Waals surface area contributed by atoms with Crippen molar-refractivity contribution in [3.63, 3.8) is 0 Å². The maximum absolute atomic E-state index is 11.2. The van der Waals surface area contributed by atoms with Crippen LogP contribution in [0, 0.1) is 0 Å². The molecule has 4 nitrogen and oxygen atoms in total. The molecule has 1 aromatic rings. The third kappa shape index (κ3) is 1.86. The van der Waals surface area contributed by atoms with Crippen molar-refractivity contribution < 1.29 is 19.4 Å². The molecule has 1 aromatic carbocycles. The van der Waals surface area contributed by atoms with Crippen molar-refractivity contribution in [3.05, 3.63) is 28.3 Å². The van der Waals surface area contributed by atoms with E-state index >= 15 is 0 Å². The van der Waals surface area contributed by atoms with Crippen molar-refractivity contribution >= 4 is 17.6 Å². The van der Waals surface area contributed by atoms with Gasteiger partial charge in [0.2, 0.25) is 0 Å². The second kappa shape index (κ2) is 4.31. The maximum Gasteiger partial charge on any atom is 0.339 e. The van der Waals surface area contributed by atoms with Crippen LogP contribution in [0.5, 0.6) is 5.75 Å². The number of aliphatic hydroxyl groups excluding tert-OH is 1. The quantitative estimate of drug-likeness (QED) is 0.799. The largest absolute Gasteiger partial charge is 0.491 e. The fourth-order valence-electron chi connectivity index (χ4n) is 1.69. The number of ether oxygens (including phenoxy) is 2. The fourth-order valence-corrected chi connectivity index (χ4v) is 1.99. The molecule has 1 N–H and O–H groups in total. The zero-order valence-corrected chi connectivity index (χ0v) is 9.45. The summed E-state index contributed by atoms with van der Waals surface area (Å²) in [7, 11) is 1.23. The monoisotopic (exact) mass is 242 g/mol. The molecule has 0 aromatic heterocycles. The summed E-state index contributed by atoms with van der Waals surface area (Å²) in [5.74, 6) is -0.0579. The van der Waals surface area contributed by atoms with Crippen molar-refractivity contribution in [2.45, 2.75) is 12.5 Å². The highest BCUT2D eigenvalue weighted by Crippen LogP contribution is 2.36. The molecule has 1 aliphatic rings. The van der Waals surface area contributed by atoms with Gasteiger partial charge in [-0.05, 0) is 23.3 Å². The Kier molecular flexibility index (Phi) is 3.03. The van der Waals surface area contributed by atoms with Crippen LogP contribution in [-0.4, -0.2) is 24.8 Å². The second-order valence-electron chi connectivity index (χ2n) is 3.52. The molecule has 0 radical (unpaired) electrons. The molecule has 0 aliphatic carbocycles. The molecule has 1 atom stereocenters. The molecule has 1 heterocycles. The van der Waals surface area contributed by atoms with Crippen LogP contribution in [0.15, 0.2) is 12.1 Å². The lowest BCUT2D eigenvalue weighted by molar-refractivity contribution is -0.150. The Balaban J connectivity index is 2.36. The van der Waals surface area contributed by atoms with Crippen molar-refractivity contribution in [1.29, 1.82) is 0 Å². The van der Waals surface area contributed by atoms with E-state index in [-0.39, 0.29) is 0 Å². The molecule has 0 amide bonds. The van der Waals surface area contributed by atoms with Gasteiger partial charge < -0.3 is 14.6 Å². The smallest absolute Gasteiger partial charge is 0.339 e. The number of benzene rings is 1. The number of rotatable bonds is 2. The number of aliphatic hydroxyl groups is 1. The molecular formula is C11H11ClO4. The Hall–Kier alpha value is -1.26. The van der Waals surface area contributed by atoms with E-state index < -0.39 is 12.1 Å². The minimum absolute atomic E-state index is 0.410. The average Bonchev–Trinajstić information content (AvgIpc) is 2.75. The van der Waals surface area contributed by atoms with Crippen LogP contribution in [0.2, 0.25) is 5.02 Å². The average molecular weight is 243 g/mol. The zero-order chi connectivity index (χ0) is 11.7. The van der Waals surface area contributed by atoms with E-state index in [1.54, 1.807) is 6.07 Å². The summed E-state index contributed by atoms with van der Waals surface area (Å²) >= 11 is 5.98. The topological polar surface area (TPSA) is 55.8 Å². The number of hydrogen-bond acceptors (Lipinski definition) is 4. The lowest BCUT2D eigenvalue weighted by Gasteiger charge is -2.11. The third-order valence-corrected chi connectivity index (χ3v) is 2.78. The van der Waals surface area contributed by atoms with E-state index in [4.69, 9.17) is 16.3 Å². The van der Waals surface area contributed by atoms with Gasteiger partial charge in [0.05, 0.1) is 18.7 Å². The SMILES string of the molecule is COC(=O)C(O)c1cc(Cl)c2c(c1)CCO2. The van der Waals surface area contributed by atoms with E-state index in [2.05, 4.69) is 4.74 Å². The molecule has 1 unspecified atom stereocenters. The lowest BCUT2D eigenvalue weighted by atomic mass is 10.0. The van der Waals surface area contributed by atoms with Crippen LogP contribution >= 0.6 is 11.6 Å². The molecular weight excluding hydrogens is 232 g/mol. The van der Waals surface area contributed by atoms with Crippen LogP contribution in [-0.2, 0) is 16.0 Å². The summed E-state index contributed by atoms with van der Waals surface area (Å²) in [6.07, 6.45) is -0.565.